The van der Waals surface area contributed by atoms with Gasteiger partial charge in [-0.1, -0.05) is 12.1 Å². The van der Waals surface area contributed by atoms with Crippen LogP contribution in [0.1, 0.15) is 5.56 Å². The van der Waals surface area contributed by atoms with E-state index in [0.29, 0.717) is 5.92 Å². The van der Waals surface area contributed by atoms with E-state index in [-0.39, 0.29) is 5.82 Å². The molecule has 1 unspecified atom stereocenters. The van der Waals surface area contributed by atoms with Crippen LogP contribution < -0.4 is 5.32 Å². The van der Waals surface area contributed by atoms with Crippen molar-refractivity contribution in [2.75, 3.05) is 27.3 Å². The zero-order chi connectivity index (χ0) is 11.1. The van der Waals surface area contributed by atoms with Gasteiger partial charge in [0.2, 0.25) is 0 Å². The van der Waals surface area contributed by atoms with Gasteiger partial charge in [-0.05, 0) is 37.1 Å². The summed E-state index contributed by atoms with van der Waals surface area (Å²) in [5.74, 6) is 0.251. The lowest BCUT2D eigenvalue weighted by molar-refractivity contribution is 0.152. The Morgan fingerprint density at radius 1 is 1.33 bits per heavy atom. The first-order valence-corrected chi connectivity index (χ1v) is 5.14. The lowest BCUT2D eigenvalue weighted by atomic mass is 10.00. The Labute approximate surface area is 90.4 Å². The largest absolute Gasteiger partial charge is 0.384 e. The Bertz CT molecular complexity index is 267. The molecular weight excluding hydrogens is 193 g/mol. The van der Waals surface area contributed by atoms with Crippen molar-refractivity contribution in [3.05, 3.63) is 35.6 Å². The minimum atomic E-state index is -0.185. The molecule has 0 radical (unpaired) electrons. The Kier molecular flexibility index (Phi) is 5.29. The first-order valence-electron chi connectivity index (χ1n) is 5.14. The SMILES string of the molecule is CNCC(COC)Cc1ccc(F)cc1. The maximum Gasteiger partial charge on any atom is 0.123 e. The van der Waals surface area contributed by atoms with Crippen LogP contribution in [-0.2, 0) is 11.2 Å². The lowest BCUT2D eigenvalue weighted by Crippen LogP contribution is -2.24. The van der Waals surface area contributed by atoms with Crippen molar-refractivity contribution in [1.29, 1.82) is 0 Å². The highest BCUT2D eigenvalue weighted by Crippen LogP contribution is 2.09. The number of nitrogens with one attached hydrogen (secondary N) is 1. The van der Waals surface area contributed by atoms with Crippen LogP contribution in [0.25, 0.3) is 0 Å². The van der Waals surface area contributed by atoms with Gasteiger partial charge in [0.1, 0.15) is 5.82 Å². The van der Waals surface area contributed by atoms with Crippen molar-refractivity contribution in [2.45, 2.75) is 6.42 Å². The molecule has 0 saturated carbocycles. The van der Waals surface area contributed by atoms with Gasteiger partial charge in [-0.2, -0.15) is 0 Å². The number of hydrogen-bond acceptors (Lipinski definition) is 2. The second kappa shape index (κ2) is 6.53. The van der Waals surface area contributed by atoms with Crippen LogP contribution in [0.2, 0.25) is 0 Å². The van der Waals surface area contributed by atoms with E-state index in [0.717, 1.165) is 25.1 Å². The summed E-state index contributed by atoms with van der Waals surface area (Å²) in [7, 11) is 3.63. The molecule has 0 aliphatic carbocycles. The van der Waals surface area contributed by atoms with Crippen LogP contribution in [-0.4, -0.2) is 27.3 Å². The second-order valence-electron chi connectivity index (χ2n) is 3.71. The molecule has 0 aromatic heterocycles. The molecule has 0 aliphatic heterocycles. The number of halogens is 1. The van der Waals surface area contributed by atoms with E-state index < -0.39 is 0 Å². The molecular formula is C12H18FNO. The predicted octanol–water partition coefficient (Wildman–Crippen LogP) is 1.85. The molecule has 0 fully saturated rings. The van der Waals surface area contributed by atoms with Gasteiger partial charge in [0.25, 0.3) is 0 Å². The Hall–Kier alpha value is -0.930. The summed E-state index contributed by atoms with van der Waals surface area (Å²) in [5, 5.41) is 3.13. The third-order valence-electron chi connectivity index (χ3n) is 2.33. The fraction of sp³-hybridized carbons (Fsp3) is 0.500. The molecule has 1 rings (SSSR count). The van der Waals surface area contributed by atoms with Crippen LogP contribution in [0, 0.1) is 11.7 Å². The van der Waals surface area contributed by atoms with E-state index in [1.165, 1.54) is 12.1 Å². The lowest BCUT2D eigenvalue weighted by Gasteiger charge is -2.15. The van der Waals surface area contributed by atoms with Crippen LogP contribution in [0.15, 0.2) is 24.3 Å². The first kappa shape index (κ1) is 12.1. The maximum atomic E-state index is 12.7. The number of rotatable bonds is 6. The van der Waals surface area contributed by atoms with Crippen LogP contribution in [0.5, 0.6) is 0 Å². The summed E-state index contributed by atoms with van der Waals surface area (Å²) >= 11 is 0. The number of ether oxygens (including phenoxy) is 1. The van der Waals surface area contributed by atoms with Gasteiger partial charge in [-0.25, -0.2) is 4.39 Å². The molecule has 3 heteroatoms. The Morgan fingerprint density at radius 3 is 2.53 bits per heavy atom. The predicted molar refractivity (Wildman–Crippen MR) is 59.4 cm³/mol. The molecule has 0 saturated heterocycles. The van der Waals surface area contributed by atoms with Crippen molar-refractivity contribution in [3.8, 4) is 0 Å². The number of methoxy groups -OCH3 is 1. The quantitative estimate of drug-likeness (QED) is 0.775. The van der Waals surface area contributed by atoms with Gasteiger partial charge in [0.15, 0.2) is 0 Å². The van der Waals surface area contributed by atoms with E-state index in [9.17, 15) is 4.39 Å². The van der Waals surface area contributed by atoms with Crippen LogP contribution in [0.4, 0.5) is 4.39 Å². The summed E-state index contributed by atoms with van der Waals surface area (Å²) < 4.78 is 17.8. The topological polar surface area (TPSA) is 21.3 Å². The fourth-order valence-electron chi connectivity index (χ4n) is 1.67. The van der Waals surface area contributed by atoms with Gasteiger partial charge in [-0.3, -0.25) is 0 Å². The fourth-order valence-corrected chi connectivity index (χ4v) is 1.67. The summed E-state index contributed by atoms with van der Waals surface area (Å²) in [6, 6.07) is 6.65. The summed E-state index contributed by atoms with van der Waals surface area (Å²) in [5.41, 5.74) is 1.15. The first-order chi connectivity index (χ1) is 7.26. The molecule has 0 bridgehead atoms. The van der Waals surface area contributed by atoms with Crippen molar-refractivity contribution in [3.63, 3.8) is 0 Å². The summed E-state index contributed by atoms with van der Waals surface area (Å²) in [6.45, 7) is 1.63. The van der Waals surface area contributed by atoms with Gasteiger partial charge in [0, 0.05) is 13.7 Å². The normalized spacial score (nSPS) is 12.7. The smallest absolute Gasteiger partial charge is 0.123 e. The van der Waals surface area contributed by atoms with Gasteiger partial charge < -0.3 is 10.1 Å². The molecule has 84 valence electrons. The summed E-state index contributed by atoms with van der Waals surface area (Å²) in [4.78, 5) is 0. The highest BCUT2D eigenvalue weighted by atomic mass is 19.1. The Morgan fingerprint density at radius 2 is 2.00 bits per heavy atom. The van der Waals surface area contributed by atoms with Gasteiger partial charge >= 0.3 is 0 Å². The number of hydrogen-bond donors (Lipinski definition) is 1. The average molecular weight is 211 g/mol. The minimum Gasteiger partial charge on any atom is -0.384 e. The van der Waals surface area contributed by atoms with Crippen molar-refractivity contribution < 1.29 is 9.13 Å². The summed E-state index contributed by atoms with van der Waals surface area (Å²) in [6.07, 6.45) is 0.912. The molecule has 1 aromatic carbocycles. The zero-order valence-electron chi connectivity index (χ0n) is 9.29. The van der Waals surface area contributed by atoms with E-state index in [2.05, 4.69) is 5.32 Å². The average Bonchev–Trinajstić information content (AvgIpc) is 2.22. The van der Waals surface area contributed by atoms with E-state index in [1.54, 1.807) is 7.11 Å². The molecule has 0 heterocycles. The van der Waals surface area contributed by atoms with Crippen LogP contribution >= 0.6 is 0 Å². The monoisotopic (exact) mass is 211 g/mol. The standard InChI is InChI=1S/C12H18FNO/c1-14-8-11(9-15-2)7-10-3-5-12(13)6-4-10/h3-6,11,14H,7-9H2,1-2H3. The highest BCUT2D eigenvalue weighted by molar-refractivity contribution is 5.16. The highest BCUT2D eigenvalue weighted by Gasteiger charge is 2.08. The maximum absolute atomic E-state index is 12.7. The third-order valence-corrected chi connectivity index (χ3v) is 2.33. The molecule has 0 amide bonds. The zero-order valence-corrected chi connectivity index (χ0v) is 9.29. The molecule has 1 atom stereocenters. The molecule has 15 heavy (non-hydrogen) atoms. The van der Waals surface area contributed by atoms with E-state index in [4.69, 9.17) is 4.74 Å². The van der Waals surface area contributed by atoms with Crippen molar-refractivity contribution in [1.82, 2.24) is 5.32 Å². The molecule has 0 aliphatic rings. The minimum absolute atomic E-state index is 0.185. The Balaban J connectivity index is 2.53. The molecule has 2 nitrogen and oxygen atoms in total. The molecule has 0 spiro atoms. The van der Waals surface area contributed by atoms with Gasteiger partial charge in [-0.15, -0.1) is 0 Å². The molecule has 1 aromatic rings. The second-order valence-corrected chi connectivity index (χ2v) is 3.71. The number of benzene rings is 1. The van der Waals surface area contributed by atoms with Crippen molar-refractivity contribution in [2.24, 2.45) is 5.92 Å². The van der Waals surface area contributed by atoms with Crippen molar-refractivity contribution >= 4 is 0 Å². The van der Waals surface area contributed by atoms with Gasteiger partial charge in [0.05, 0.1) is 6.61 Å². The van der Waals surface area contributed by atoms with E-state index in [1.807, 2.05) is 19.2 Å². The third kappa shape index (κ3) is 4.40. The molecule has 1 N–H and O–H groups in total. The van der Waals surface area contributed by atoms with Crippen LogP contribution in [0.3, 0.4) is 0 Å². The van der Waals surface area contributed by atoms with E-state index >= 15 is 0 Å².